The van der Waals surface area contributed by atoms with Gasteiger partial charge in [0, 0.05) is 29.4 Å². The molecule has 0 aliphatic rings. The van der Waals surface area contributed by atoms with Crippen LogP contribution >= 0.6 is 0 Å². The molecule has 1 aromatic heterocycles. The molecule has 20 heavy (non-hydrogen) atoms. The second-order valence-electron chi connectivity index (χ2n) is 6.35. The summed E-state index contributed by atoms with van der Waals surface area (Å²) in [7, 11) is 0. The van der Waals surface area contributed by atoms with Gasteiger partial charge in [-0.1, -0.05) is 19.4 Å². The zero-order chi connectivity index (χ0) is 14.8. The molecule has 0 N–H and O–H groups in total. The monoisotopic (exact) mass is 270 g/mol. The van der Waals surface area contributed by atoms with Crippen molar-refractivity contribution in [2.24, 2.45) is 4.99 Å². The van der Waals surface area contributed by atoms with E-state index in [1.165, 1.54) is 22.2 Å². The molecule has 108 valence electrons. The molecule has 0 amide bonds. The van der Waals surface area contributed by atoms with Crippen LogP contribution in [0, 0.1) is 0 Å². The van der Waals surface area contributed by atoms with Crippen LogP contribution in [0.5, 0.6) is 0 Å². The molecular weight excluding hydrogens is 244 g/mol. The predicted octanol–water partition coefficient (Wildman–Crippen LogP) is 5.05. The smallest absolute Gasteiger partial charge is 0.0527 e. The van der Waals surface area contributed by atoms with Crippen LogP contribution in [0.4, 0.5) is 0 Å². The molecule has 0 spiro atoms. The Bertz CT molecular complexity index is 612. The van der Waals surface area contributed by atoms with Crippen molar-refractivity contribution in [1.82, 2.24) is 4.57 Å². The SMILES string of the molecule is CCC/C(=N\C(C)(C)C)c1ccc2c(ccn2CC)c1. The number of benzene rings is 1. The minimum Gasteiger partial charge on any atom is -0.348 e. The Morgan fingerprint density at radius 1 is 1.15 bits per heavy atom. The maximum absolute atomic E-state index is 4.91. The largest absolute Gasteiger partial charge is 0.348 e. The van der Waals surface area contributed by atoms with Gasteiger partial charge in [0.25, 0.3) is 0 Å². The molecule has 0 unspecified atom stereocenters. The number of fused-ring (bicyclic) bond motifs is 1. The Morgan fingerprint density at radius 2 is 1.90 bits per heavy atom. The standard InChI is InChI=1S/C18H26N2/c1-6-8-16(19-18(3,4)5)14-9-10-17-15(13-14)11-12-20(17)7-2/h9-13H,6-8H2,1-5H3/b19-16+. The molecule has 2 aromatic rings. The highest BCUT2D eigenvalue weighted by molar-refractivity contribution is 6.03. The Kier molecular flexibility index (Phi) is 4.32. The number of hydrogen-bond donors (Lipinski definition) is 0. The molecule has 0 aliphatic heterocycles. The Hall–Kier alpha value is -1.57. The summed E-state index contributed by atoms with van der Waals surface area (Å²) < 4.78 is 2.28. The van der Waals surface area contributed by atoms with Crippen molar-refractivity contribution >= 4 is 16.6 Å². The van der Waals surface area contributed by atoms with Gasteiger partial charge in [-0.15, -0.1) is 0 Å². The van der Waals surface area contributed by atoms with Gasteiger partial charge in [0.1, 0.15) is 0 Å². The first-order valence-electron chi connectivity index (χ1n) is 7.62. The lowest BCUT2D eigenvalue weighted by molar-refractivity contribution is 0.581. The van der Waals surface area contributed by atoms with E-state index in [1.807, 2.05) is 0 Å². The number of nitrogens with zero attached hydrogens (tertiary/aromatic N) is 2. The van der Waals surface area contributed by atoms with Crippen LogP contribution in [0.25, 0.3) is 10.9 Å². The van der Waals surface area contributed by atoms with Crippen molar-refractivity contribution in [3.63, 3.8) is 0 Å². The molecule has 2 rings (SSSR count). The number of aryl methyl sites for hydroxylation is 1. The fourth-order valence-corrected chi connectivity index (χ4v) is 2.56. The third-order valence-electron chi connectivity index (χ3n) is 3.40. The summed E-state index contributed by atoms with van der Waals surface area (Å²) in [5.74, 6) is 0. The van der Waals surface area contributed by atoms with Gasteiger partial charge in [0.05, 0.1) is 5.54 Å². The molecule has 1 aromatic carbocycles. The summed E-state index contributed by atoms with van der Waals surface area (Å²) in [6.45, 7) is 11.9. The van der Waals surface area contributed by atoms with Crippen LogP contribution in [0.1, 0.15) is 53.0 Å². The summed E-state index contributed by atoms with van der Waals surface area (Å²) in [6.07, 6.45) is 4.33. The quantitative estimate of drug-likeness (QED) is 0.692. The van der Waals surface area contributed by atoms with E-state index in [0.29, 0.717) is 0 Å². The van der Waals surface area contributed by atoms with Crippen LogP contribution in [0.2, 0.25) is 0 Å². The Morgan fingerprint density at radius 3 is 2.50 bits per heavy atom. The van der Waals surface area contributed by atoms with Crippen molar-refractivity contribution in [3.8, 4) is 0 Å². The van der Waals surface area contributed by atoms with Crippen molar-refractivity contribution in [3.05, 3.63) is 36.0 Å². The van der Waals surface area contributed by atoms with Gasteiger partial charge < -0.3 is 4.57 Å². The van der Waals surface area contributed by atoms with Gasteiger partial charge >= 0.3 is 0 Å². The van der Waals surface area contributed by atoms with Crippen molar-refractivity contribution < 1.29 is 0 Å². The van der Waals surface area contributed by atoms with Gasteiger partial charge in [-0.3, -0.25) is 4.99 Å². The second-order valence-corrected chi connectivity index (χ2v) is 6.35. The highest BCUT2D eigenvalue weighted by Gasteiger charge is 2.12. The molecule has 0 saturated carbocycles. The minimum atomic E-state index is -0.0190. The van der Waals surface area contributed by atoms with Gasteiger partial charge in [-0.2, -0.15) is 0 Å². The molecule has 0 aliphatic carbocycles. The lowest BCUT2D eigenvalue weighted by Crippen LogP contribution is -2.15. The number of rotatable bonds is 4. The van der Waals surface area contributed by atoms with Gasteiger partial charge in [0.2, 0.25) is 0 Å². The Labute approximate surface area is 122 Å². The summed E-state index contributed by atoms with van der Waals surface area (Å²) in [6, 6.07) is 8.92. The fourth-order valence-electron chi connectivity index (χ4n) is 2.56. The van der Waals surface area contributed by atoms with E-state index in [9.17, 15) is 0 Å². The van der Waals surface area contributed by atoms with Crippen molar-refractivity contribution in [2.75, 3.05) is 0 Å². The molecule has 0 fully saturated rings. The van der Waals surface area contributed by atoms with Crippen LogP contribution in [0.15, 0.2) is 35.5 Å². The number of aliphatic imine (C=N–C) groups is 1. The zero-order valence-electron chi connectivity index (χ0n) is 13.4. The first-order valence-corrected chi connectivity index (χ1v) is 7.62. The fraction of sp³-hybridized carbons (Fsp3) is 0.500. The van der Waals surface area contributed by atoms with Crippen molar-refractivity contribution in [1.29, 1.82) is 0 Å². The van der Waals surface area contributed by atoms with E-state index < -0.39 is 0 Å². The first kappa shape index (κ1) is 14.8. The molecule has 2 nitrogen and oxygen atoms in total. The second kappa shape index (κ2) is 5.82. The molecule has 2 heteroatoms. The third-order valence-corrected chi connectivity index (χ3v) is 3.40. The van der Waals surface area contributed by atoms with E-state index in [-0.39, 0.29) is 5.54 Å². The van der Waals surface area contributed by atoms with E-state index in [0.717, 1.165) is 19.4 Å². The highest BCUT2D eigenvalue weighted by Crippen LogP contribution is 2.21. The molecule has 0 bridgehead atoms. The van der Waals surface area contributed by atoms with Gasteiger partial charge in [-0.25, -0.2) is 0 Å². The van der Waals surface area contributed by atoms with Crippen LogP contribution in [-0.4, -0.2) is 15.8 Å². The van der Waals surface area contributed by atoms with E-state index >= 15 is 0 Å². The van der Waals surface area contributed by atoms with Crippen LogP contribution in [0.3, 0.4) is 0 Å². The van der Waals surface area contributed by atoms with Gasteiger partial charge in [-0.05, 0) is 57.9 Å². The summed E-state index contributed by atoms with van der Waals surface area (Å²) in [5, 5.41) is 1.31. The van der Waals surface area contributed by atoms with E-state index in [4.69, 9.17) is 4.99 Å². The first-order chi connectivity index (χ1) is 9.44. The molecular formula is C18H26N2. The normalized spacial score (nSPS) is 13.2. The average Bonchev–Trinajstić information content (AvgIpc) is 2.78. The number of aromatic nitrogens is 1. The predicted molar refractivity (Wildman–Crippen MR) is 88.8 cm³/mol. The maximum Gasteiger partial charge on any atom is 0.0527 e. The summed E-state index contributed by atoms with van der Waals surface area (Å²) in [5.41, 5.74) is 3.78. The maximum atomic E-state index is 4.91. The number of hydrogen-bond acceptors (Lipinski definition) is 1. The lowest BCUT2D eigenvalue weighted by atomic mass is 10.0. The van der Waals surface area contributed by atoms with Crippen LogP contribution in [-0.2, 0) is 6.54 Å². The lowest BCUT2D eigenvalue weighted by Gasteiger charge is -2.16. The topological polar surface area (TPSA) is 17.3 Å². The Balaban J connectivity index is 2.46. The highest BCUT2D eigenvalue weighted by atomic mass is 14.9. The molecule has 0 radical (unpaired) electrons. The van der Waals surface area contributed by atoms with Gasteiger partial charge in [0.15, 0.2) is 0 Å². The van der Waals surface area contributed by atoms with E-state index in [1.54, 1.807) is 0 Å². The zero-order valence-corrected chi connectivity index (χ0v) is 13.4. The van der Waals surface area contributed by atoms with E-state index in [2.05, 4.69) is 69.6 Å². The molecule has 1 heterocycles. The summed E-state index contributed by atoms with van der Waals surface area (Å²) >= 11 is 0. The molecule has 0 atom stereocenters. The summed E-state index contributed by atoms with van der Waals surface area (Å²) in [4.78, 5) is 4.91. The molecule has 0 saturated heterocycles. The van der Waals surface area contributed by atoms with Crippen molar-refractivity contribution in [2.45, 2.75) is 59.5 Å². The minimum absolute atomic E-state index is 0.0190. The van der Waals surface area contributed by atoms with Crippen LogP contribution < -0.4 is 0 Å². The third kappa shape index (κ3) is 3.30. The average molecular weight is 270 g/mol.